The van der Waals surface area contributed by atoms with Crippen molar-refractivity contribution in [1.29, 1.82) is 0 Å². The van der Waals surface area contributed by atoms with Crippen LogP contribution in [-0.4, -0.2) is 37.8 Å². The van der Waals surface area contributed by atoms with E-state index in [0.717, 1.165) is 42.5 Å². The van der Waals surface area contributed by atoms with Crippen LogP contribution in [0.2, 0.25) is 5.02 Å². The number of hydrogen-bond donors (Lipinski definition) is 2. The van der Waals surface area contributed by atoms with Crippen LogP contribution in [0.1, 0.15) is 11.7 Å². The highest BCUT2D eigenvalue weighted by molar-refractivity contribution is 6.30. The summed E-state index contributed by atoms with van der Waals surface area (Å²) in [4.78, 5) is 3.68. The van der Waals surface area contributed by atoms with Crippen LogP contribution in [0.15, 0.2) is 48.5 Å². The molecule has 0 unspecified atom stereocenters. The second-order valence-electron chi connectivity index (χ2n) is 5.99. The van der Waals surface area contributed by atoms with Crippen molar-refractivity contribution in [2.45, 2.75) is 6.10 Å². The Balaban J connectivity index is 1.54. The van der Waals surface area contributed by atoms with Gasteiger partial charge in [-0.3, -0.25) is 0 Å². The molecule has 0 spiro atoms. The molecule has 0 saturated carbocycles. The Morgan fingerprint density at radius 2 is 1.83 bits per heavy atom. The predicted octanol–water partition coefficient (Wildman–Crippen LogP) is 1.92. The molecule has 2 aromatic rings. The summed E-state index contributed by atoms with van der Waals surface area (Å²) in [6.07, 6.45) is -0.552. The van der Waals surface area contributed by atoms with E-state index >= 15 is 0 Å². The van der Waals surface area contributed by atoms with Crippen molar-refractivity contribution >= 4 is 17.3 Å². The lowest BCUT2D eigenvalue weighted by molar-refractivity contribution is -0.904. The van der Waals surface area contributed by atoms with Crippen LogP contribution >= 0.6 is 11.6 Å². The maximum atomic E-state index is 12.9. The number of halogens is 2. The third kappa shape index (κ3) is 4.22. The highest BCUT2D eigenvalue weighted by Crippen LogP contribution is 2.19. The van der Waals surface area contributed by atoms with Gasteiger partial charge in [-0.05, 0) is 35.9 Å². The number of hydrogen-bond acceptors (Lipinski definition) is 2. The van der Waals surface area contributed by atoms with Gasteiger partial charge in [0.2, 0.25) is 0 Å². The normalized spacial score (nSPS) is 17.3. The maximum absolute atomic E-state index is 12.9. The van der Waals surface area contributed by atoms with Crippen molar-refractivity contribution in [1.82, 2.24) is 0 Å². The summed E-state index contributed by atoms with van der Waals surface area (Å²) in [6.45, 7) is 4.45. The van der Waals surface area contributed by atoms with Gasteiger partial charge in [0.05, 0.1) is 26.2 Å². The van der Waals surface area contributed by atoms with E-state index in [-0.39, 0.29) is 5.82 Å². The zero-order valence-electron chi connectivity index (χ0n) is 12.9. The minimum Gasteiger partial charge on any atom is -0.382 e. The van der Waals surface area contributed by atoms with Crippen LogP contribution in [0.4, 0.5) is 10.1 Å². The maximum Gasteiger partial charge on any atom is 0.128 e. The molecule has 3 nitrogen and oxygen atoms in total. The highest BCUT2D eigenvalue weighted by Gasteiger charge is 2.23. The summed E-state index contributed by atoms with van der Waals surface area (Å²) in [7, 11) is 0. The molecule has 1 fully saturated rings. The Labute approximate surface area is 140 Å². The zero-order chi connectivity index (χ0) is 16.2. The number of nitrogens with zero attached hydrogens (tertiary/aromatic N) is 1. The predicted molar refractivity (Wildman–Crippen MR) is 90.6 cm³/mol. The topological polar surface area (TPSA) is 27.9 Å². The molecular formula is C18H21ClFN2O+. The first-order valence-corrected chi connectivity index (χ1v) is 8.27. The second-order valence-corrected chi connectivity index (χ2v) is 6.42. The van der Waals surface area contributed by atoms with Gasteiger partial charge in [-0.15, -0.1) is 0 Å². The van der Waals surface area contributed by atoms with Crippen LogP contribution in [0.5, 0.6) is 0 Å². The molecule has 0 aromatic heterocycles. The van der Waals surface area contributed by atoms with Gasteiger partial charge >= 0.3 is 0 Å². The highest BCUT2D eigenvalue weighted by atomic mass is 35.5. The number of aliphatic hydroxyl groups is 1. The number of anilines is 1. The standard InChI is InChI=1S/C18H20ClFN2O/c19-15-2-1-3-17(12-15)22-10-8-21(9-11-22)13-18(23)14-4-6-16(20)7-5-14/h1-7,12,18,23H,8-11,13H2/p+1/t18-/m1/s1. The largest absolute Gasteiger partial charge is 0.382 e. The Hall–Kier alpha value is -1.62. The third-order valence-electron chi connectivity index (χ3n) is 4.38. The van der Waals surface area contributed by atoms with Crippen LogP contribution in [0, 0.1) is 5.82 Å². The molecule has 1 aliphatic rings. The van der Waals surface area contributed by atoms with E-state index in [4.69, 9.17) is 11.6 Å². The smallest absolute Gasteiger partial charge is 0.128 e. The number of benzene rings is 2. The van der Waals surface area contributed by atoms with Gasteiger partial charge in [-0.25, -0.2) is 4.39 Å². The van der Waals surface area contributed by atoms with Crippen molar-refractivity contribution in [3.63, 3.8) is 0 Å². The lowest BCUT2D eigenvalue weighted by Crippen LogP contribution is -3.15. The van der Waals surface area contributed by atoms with Crippen molar-refractivity contribution < 1.29 is 14.4 Å². The Bertz CT molecular complexity index is 642. The van der Waals surface area contributed by atoms with Crippen molar-refractivity contribution in [2.75, 3.05) is 37.6 Å². The lowest BCUT2D eigenvalue weighted by atomic mass is 10.1. The summed E-state index contributed by atoms with van der Waals surface area (Å²) < 4.78 is 12.9. The van der Waals surface area contributed by atoms with E-state index < -0.39 is 6.10 Å². The summed E-state index contributed by atoms with van der Waals surface area (Å²) in [5, 5.41) is 11.1. The fourth-order valence-corrected chi connectivity index (χ4v) is 3.22. The fourth-order valence-electron chi connectivity index (χ4n) is 3.03. The molecule has 122 valence electrons. The molecule has 23 heavy (non-hydrogen) atoms. The van der Waals surface area contributed by atoms with E-state index in [1.54, 1.807) is 12.1 Å². The molecule has 0 amide bonds. The summed E-state index contributed by atoms with van der Waals surface area (Å²) in [5.41, 5.74) is 1.92. The Morgan fingerprint density at radius 3 is 2.48 bits per heavy atom. The van der Waals surface area contributed by atoms with Gasteiger partial charge in [0.1, 0.15) is 18.5 Å². The number of aliphatic hydroxyl groups excluding tert-OH is 1. The molecule has 0 aliphatic carbocycles. The Morgan fingerprint density at radius 1 is 1.13 bits per heavy atom. The number of piperazine rings is 1. The van der Waals surface area contributed by atoms with Crippen LogP contribution in [0.25, 0.3) is 0 Å². The summed E-state index contributed by atoms with van der Waals surface area (Å²) in [6, 6.07) is 14.0. The SMILES string of the molecule is O[C@H](C[NH+]1CCN(c2cccc(Cl)c2)CC1)c1ccc(F)cc1. The molecule has 2 N–H and O–H groups in total. The van der Waals surface area contributed by atoms with Gasteiger partial charge in [0, 0.05) is 10.7 Å². The van der Waals surface area contributed by atoms with Gasteiger partial charge < -0.3 is 14.9 Å². The molecule has 1 saturated heterocycles. The summed E-state index contributed by atoms with van der Waals surface area (Å²) in [5.74, 6) is -0.275. The molecule has 1 aliphatic heterocycles. The third-order valence-corrected chi connectivity index (χ3v) is 4.62. The molecule has 1 atom stereocenters. The van der Waals surface area contributed by atoms with E-state index in [0.29, 0.717) is 6.54 Å². The monoisotopic (exact) mass is 335 g/mol. The van der Waals surface area contributed by atoms with Gasteiger partial charge in [0.15, 0.2) is 0 Å². The average molecular weight is 336 g/mol. The number of rotatable bonds is 4. The summed E-state index contributed by atoms with van der Waals surface area (Å²) >= 11 is 6.05. The zero-order valence-corrected chi connectivity index (χ0v) is 13.6. The fraction of sp³-hybridized carbons (Fsp3) is 0.333. The first-order chi connectivity index (χ1) is 11.1. The molecule has 0 bridgehead atoms. The van der Waals surface area contributed by atoms with Gasteiger partial charge in [-0.1, -0.05) is 29.8 Å². The molecule has 3 rings (SSSR count). The number of nitrogens with one attached hydrogen (secondary N) is 1. The minimum absolute atomic E-state index is 0.275. The molecule has 1 heterocycles. The first-order valence-electron chi connectivity index (χ1n) is 7.89. The first kappa shape index (κ1) is 16.2. The van der Waals surface area contributed by atoms with E-state index in [2.05, 4.69) is 11.0 Å². The van der Waals surface area contributed by atoms with E-state index in [1.165, 1.54) is 17.0 Å². The van der Waals surface area contributed by atoms with Gasteiger partial charge in [0.25, 0.3) is 0 Å². The second kappa shape index (κ2) is 7.30. The quantitative estimate of drug-likeness (QED) is 0.893. The Kier molecular flexibility index (Phi) is 5.16. The lowest BCUT2D eigenvalue weighted by Gasteiger charge is -2.34. The van der Waals surface area contributed by atoms with Crippen molar-refractivity contribution in [3.8, 4) is 0 Å². The van der Waals surface area contributed by atoms with Crippen LogP contribution < -0.4 is 9.80 Å². The average Bonchev–Trinajstić information content (AvgIpc) is 2.56. The molecule has 2 aromatic carbocycles. The molecular weight excluding hydrogens is 315 g/mol. The van der Waals surface area contributed by atoms with Crippen LogP contribution in [-0.2, 0) is 0 Å². The van der Waals surface area contributed by atoms with Crippen LogP contribution in [0.3, 0.4) is 0 Å². The van der Waals surface area contributed by atoms with Gasteiger partial charge in [-0.2, -0.15) is 0 Å². The van der Waals surface area contributed by atoms with E-state index in [1.807, 2.05) is 18.2 Å². The molecule has 0 radical (unpaired) electrons. The van der Waals surface area contributed by atoms with Crippen molar-refractivity contribution in [2.24, 2.45) is 0 Å². The van der Waals surface area contributed by atoms with E-state index in [9.17, 15) is 9.50 Å². The molecule has 5 heteroatoms. The van der Waals surface area contributed by atoms with Crippen molar-refractivity contribution in [3.05, 3.63) is 64.9 Å². The minimum atomic E-state index is -0.552. The number of quaternary nitrogens is 1.